The Kier molecular flexibility index (Phi) is 5.13. The topological polar surface area (TPSA) is 87.8 Å². The van der Waals surface area contributed by atoms with Gasteiger partial charge in [-0.1, -0.05) is 6.92 Å². The molecule has 2 aliphatic rings. The predicted octanol–water partition coefficient (Wildman–Crippen LogP) is 1.62. The lowest BCUT2D eigenvalue weighted by Crippen LogP contribution is -2.35. The van der Waals surface area contributed by atoms with Crippen molar-refractivity contribution in [1.29, 1.82) is 0 Å². The quantitative estimate of drug-likeness (QED) is 0.684. The molecule has 0 saturated carbocycles. The number of halogens is 6. The first kappa shape index (κ1) is 22.1. The molecule has 0 amide bonds. The SMILES string of the molecule is CCS(=O)(=O)C1=CC(C(F)(F)F)=CN(O)C1=c1nc2c(n1C)=NC=C(C(F)(F)F)C2. The summed E-state index contributed by atoms with van der Waals surface area (Å²) in [5, 5.41) is 10.1. The van der Waals surface area contributed by atoms with Crippen LogP contribution in [-0.4, -0.2) is 46.3 Å². The smallest absolute Gasteiger partial charge is 0.311 e. The molecule has 1 N–H and O–H groups in total. The highest BCUT2D eigenvalue weighted by Gasteiger charge is 2.40. The average Bonchev–Trinajstić information content (AvgIpc) is 2.95. The van der Waals surface area contributed by atoms with Crippen LogP contribution in [0.15, 0.2) is 39.5 Å². The summed E-state index contributed by atoms with van der Waals surface area (Å²) in [6.07, 6.45) is -9.09. The van der Waals surface area contributed by atoms with Gasteiger partial charge in [0.25, 0.3) is 0 Å². The molecule has 0 saturated heterocycles. The van der Waals surface area contributed by atoms with Crippen molar-refractivity contribution in [2.75, 3.05) is 5.75 Å². The van der Waals surface area contributed by atoms with Crippen molar-refractivity contribution in [3.05, 3.63) is 51.2 Å². The molecule has 3 heterocycles. The second-order valence-electron chi connectivity index (χ2n) is 6.41. The van der Waals surface area contributed by atoms with Crippen molar-refractivity contribution < 1.29 is 40.0 Å². The maximum Gasteiger partial charge on any atom is 0.417 e. The third-order valence-electron chi connectivity index (χ3n) is 4.46. The largest absolute Gasteiger partial charge is 0.417 e. The zero-order chi connectivity index (χ0) is 22.6. The van der Waals surface area contributed by atoms with Gasteiger partial charge in [0.15, 0.2) is 20.8 Å². The first-order valence-corrected chi connectivity index (χ1v) is 9.94. The van der Waals surface area contributed by atoms with Gasteiger partial charge >= 0.3 is 12.4 Å². The van der Waals surface area contributed by atoms with Gasteiger partial charge in [-0.3, -0.25) is 5.21 Å². The molecule has 0 spiro atoms. The molecule has 14 heteroatoms. The minimum Gasteiger partial charge on any atom is -0.311 e. The van der Waals surface area contributed by atoms with Crippen molar-refractivity contribution in [3.63, 3.8) is 0 Å². The van der Waals surface area contributed by atoms with Crippen LogP contribution in [0.3, 0.4) is 0 Å². The lowest BCUT2D eigenvalue weighted by Gasteiger charge is -2.24. The van der Waals surface area contributed by atoms with Crippen LogP contribution in [0.25, 0.3) is 5.70 Å². The Bertz CT molecular complexity index is 1220. The summed E-state index contributed by atoms with van der Waals surface area (Å²) in [6.45, 7) is 1.19. The highest BCUT2D eigenvalue weighted by atomic mass is 32.2. The fourth-order valence-electron chi connectivity index (χ4n) is 2.89. The Labute approximate surface area is 165 Å². The van der Waals surface area contributed by atoms with Gasteiger partial charge in [-0.25, -0.2) is 23.5 Å². The summed E-state index contributed by atoms with van der Waals surface area (Å²) in [5.74, 6) is -0.588. The van der Waals surface area contributed by atoms with Crippen LogP contribution in [-0.2, 0) is 23.3 Å². The molecule has 0 fully saturated rings. The number of hydrogen-bond donors (Lipinski definition) is 1. The minimum absolute atomic E-state index is 0.0438. The van der Waals surface area contributed by atoms with Gasteiger partial charge in [-0.15, -0.1) is 0 Å². The number of imidazole rings is 1. The lowest BCUT2D eigenvalue weighted by atomic mass is 10.1. The summed E-state index contributed by atoms with van der Waals surface area (Å²) in [7, 11) is -3.00. The zero-order valence-electron chi connectivity index (χ0n) is 15.4. The molecule has 0 unspecified atom stereocenters. The molecule has 164 valence electrons. The van der Waals surface area contributed by atoms with E-state index in [-0.39, 0.29) is 27.9 Å². The van der Waals surface area contributed by atoms with Crippen LogP contribution >= 0.6 is 0 Å². The average molecular weight is 456 g/mol. The van der Waals surface area contributed by atoms with Crippen molar-refractivity contribution in [3.8, 4) is 0 Å². The van der Waals surface area contributed by atoms with Crippen LogP contribution in [0.5, 0.6) is 0 Å². The van der Waals surface area contributed by atoms with Gasteiger partial charge in [-0.05, 0) is 6.08 Å². The molecule has 0 radical (unpaired) electrons. The fraction of sp³-hybridized carbons (Fsp3) is 0.375. The number of nitrogens with zero attached hydrogens (tertiary/aromatic N) is 4. The van der Waals surface area contributed by atoms with Crippen LogP contribution in [0.2, 0.25) is 0 Å². The van der Waals surface area contributed by atoms with E-state index in [1.165, 1.54) is 14.0 Å². The van der Waals surface area contributed by atoms with Gasteiger partial charge in [-0.2, -0.15) is 26.3 Å². The Morgan fingerprint density at radius 1 is 1.17 bits per heavy atom. The summed E-state index contributed by atoms with van der Waals surface area (Å²) in [6, 6.07) is 0. The number of sulfone groups is 1. The summed E-state index contributed by atoms with van der Waals surface area (Å²) < 4.78 is 104. The second kappa shape index (κ2) is 6.97. The van der Waals surface area contributed by atoms with Crippen molar-refractivity contribution in [1.82, 2.24) is 14.6 Å². The summed E-state index contributed by atoms with van der Waals surface area (Å²) >= 11 is 0. The molecule has 2 aliphatic heterocycles. The van der Waals surface area contributed by atoms with Crippen LogP contribution < -0.4 is 11.0 Å². The van der Waals surface area contributed by atoms with Crippen LogP contribution in [0.4, 0.5) is 26.3 Å². The van der Waals surface area contributed by atoms with Crippen LogP contribution in [0, 0.1) is 0 Å². The van der Waals surface area contributed by atoms with Gasteiger partial charge in [0.1, 0.15) is 5.70 Å². The van der Waals surface area contributed by atoms with E-state index in [9.17, 15) is 40.0 Å². The van der Waals surface area contributed by atoms with Gasteiger partial charge in [0.05, 0.1) is 27.5 Å². The number of fused-ring (bicyclic) bond motifs is 1. The zero-order valence-corrected chi connectivity index (χ0v) is 16.2. The van der Waals surface area contributed by atoms with E-state index in [4.69, 9.17) is 0 Å². The maximum atomic E-state index is 13.1. The fourth-order valence-corrected chi connectivity index (χ4v) is 3.99. The molecule has 0 aliphatic carbocycles. The van der Waals surface area contributed by atoms with E-state index in [0.29, 0.717) is 12.3 Å². The Hall–Kier alpha value is -2.61. The Morgan fingerprint density at radius 2 is 1.80 bits per heavy atom. The monoisotopic (exact) mass is 456 g/mol. The highest BCUT2D eigenvalue weighted by molar-refractivity contribution is 7.95. The number of rotatable bonds is 2. The van der Waals surface area contributed by atoms with Gasteiger partial charge in [0, 0.05) is 25.9 Å². The molecule has 3 rings (SSSR count). The number of aromatic nitrogens is 2. The number of hydroxylamine groups is 2. The molecule has 30 heavy (non-hydrogen) atoms. The normalized spacial score (nSPS) is 19.6. The third-order valence-corrected chi connectivity index (χ3v) is 6.21. The van der Waals surface area contributed by atoms with E-state index in [0.717, 1.165) is 4.57 Å². The number of allylic oxidation sites excluding steroid dienone is 3. The van der Waals surface area contributed by atoms with Crippen molar-refractivity contribution in [2.24, 2.45) is 12.0 Å². The number of alkyl halides is 6. The van der Waals surface area contributed by atoms with Gasteiger partial charge in [0.2, 0.25) is 0 Å². The lowest BCUT2D eigenvalue weighted by molar-refractivity contribution is -0.0940. The van der Waals surface area contributed by atoms with E-state index in [1.807, 2.05) is 0 Å². The summed E-state index contributed by atoms with van der Waals surface area (Å²) in [5.41, 5.74) is -3.61. The molecule has 0 aromatic carbocycles. The molecule has 7 nitrogen and oxygen atoms in total. The van der Waals surface area contributed by atoms with E-state index < -0.39 is 56.1 Å². The summed E-state index contributed by atoms with van der Waals surface area (Å²) in [4.78, 5) is 6.77. The minimum atomic E-state index is -4.96. The Balaban J connectivity index is 2.30. The van der Waals surface area contributed by atoms with Crippen molar-refractivity contribution >= 4 is 15.5 Å². The van der Waals surface area contributed by atoms with Gasteiger partial charge < -0.3 is 4.57 Å². The molecule has 0 atom stereocenters. The number of hydrogen-bond acceptors (Lipinski definition) is 6. The van der Waals surface area contributed by atoms with E-state index >= 15 is 0 Å². The first-order valence-electron chi connectivity index (χ1n) is 8.28. The van der Waals surface area contributed by atoms with Crippen LogP contribution in [0.1, 0.15) is 12.6 Å². The predicted molar refractivity (Wildman–Crippen MR) is 90.5 cm³/mol. The standard InChI is InChI=1S/C16H14F6N4O3S/c1-3-30(28,29)11-5-9(16(20,21)22)7-26(27)12(11)14-24-10-4-8(15(17,18)19)6-23-13(10)25(14)2/h5-7,27H,3-4H2,1-2H3. The molecule has 1 aromatic rings. The highest BCUT2D eigenvalue weighted by Crippen LogP contribution is 2.35. The molecule has 0 bridgehead atoms. The molecular formula is C16H14F6N4O3S. The molecule has 1 aromatic heterocycles. The maximum absolute atomic E-state index is 13.1. The second-order valence-corrected chi connectivity index (χ2v) is 8.66. The Morgan fingerprint density at radius 3 is 2.33 bits per heavy atom. The first-order chi connectivity index (χ1) is 13.7. The van der Waals surface area contributed by atoms with Crippen molar-refractivity contribution in [2.45, 2.75) is 25.7 Å². The van der Waals surface area contributed by atoms with E-state index in [2.05, 4.69) is 9.98 Å². The molecular weight excluding hydrogens is 442 g/mol. The third kappa shape index (κ3) is 3.76. The van der Waals surface area contributed by atoms with E-state index in [1.54, 1.807) is 0 Å².